The highest BCUT2D eigenvalue weighted by Gasteiger charge is 2.03. The average Bonchev–Trinajstić information content (AvgIpc) is 2.49. The van der Waals surface area contributed by atoms with Gasteiger partial charge in [-0.15, -0.1) is 0 Å². The Kier molecular flexibility index (Phi) is 5.46. The fourth-order valence-electron chi connectivity index (χ4n) is 2.07. The van der Waals surface area contributed by atoms with Crippen LogP contribution in [-0.2, 0) is 13.1 Å². The molecule has 4 heteroatoms. The third-order valence-corrected chi connectivity index (χ3v) is 3.15. The van der Waals surface area contributed by atoms with E-state index in [0.717, 1.165) is 16.9 Å². The molecular weight excluding hydrogens is 266 g/mol. The lowest BCUT2D eigenvalue weighted by molar-refractivity contribution is 0.340. The Labute approximate surface area is 125 Å². The van der Waals surface area contributed by atoms with Crippen LogP contribution in [0.3, 0.4) is 0 Å². The largest absolute Gasteiger partial charge is 0.507 e. The topological polar surface area (TPSA) is 50.7 Å². The molecule has 0 heterocycles. The monoisotopic (exact) mass is 287 g/mol. The van der Waals surface area contributed by atoms with Crippen LogP contribution in [0.25, 0.3) is 0 Å². The van der Waals surface area contributed by atoms with Gasteiger partial charge in [0.1, 0.15) is 17.2 Å². The summed E-state index contributed by atoms with van der Waals surface area (Å²) in [5.74, 6) is 1.77. The zero-order chi connectivity index (χ0) is 15.1. The van der Waals surface area contributed by atoms with Crippen molar-refractivity contribution in [1.82, 2.24) is 5.32 Å². The molecule has 4 nitrogen and oxygen atoms in total. The second-order valence-corrected chi connectivity index (χ2v) is 4.68. The fourth-order valence-corrected chi connectivity index (χ4v) is 2.07. The molecule has 112 valence electrons. The summed E-state index contributed by atoms with van der Waals surface area (Å²) >= 11 is 0. The van der Waals surface area contributed by atoms with E-state index in [-0.39, 0.29) is 5.75 Å². The molecular formula is C17H21NO3. The van der Waals surface area contributed by atoms with Crippen molar-refractivity contribution in [3.8, 4) is 17.2 Å². The molecule has 0 spiro atoms. The minimum absolute atomic E-state index is 0.241. The Morgan fingerprint density at radius 2 is 1.90 bits per heavy atom. The number of phenolic OH excluding ortho intramolecular Hbond substituents is 1. The predicted octanol–water partition coefficient (Wildman–Crippen LogP) is 3.09. The number of hydrogen-bond donors (Lipinski definition) is 2. The molecule has 0 radical (unpaired) electrons. The summed E-state index contributed by atoms with van der Waals surface area (Å²) in [6, 6.07) is 13.3. The van der Waals surface area contributed by atoms with E-state index in [4.69, 9.17) is 9.47 Å². The molecule has 21 heavy (non-hydrogen) atoms. The van der Waals surface area contributed by atoms with Crippen molar-refractivity contribution >= 4 is 0 Å². The van der Waals surface area contributed by atoms with E-state index < -0.39 is 0 Å². The zero-order valence-corrected chi connectivity index (χ0v) is 12.4. The van der Waals surface area contributed by atoms with Crippen molar-refractivity contribution in [2.45, 2.75) is 20.0 Å². The normalized spacial score (nSPS) is 10.4. The molecule has 2 N–H and O–H groups in total. The van der Waals surface area contributed by atoms with E-state index in [1.54, 1.807) is 13.2 Å². The first-order valence-corrected chi connectivity index (χ1v) is 7.01. The number of hydrogen-bond acceptors (Lipinski definition) is 4. The molecule has 0 fully saturated rings. The standard InChI is InChI=1S/C17H21NO3/c1-3-21-16-6-4-5-13(9-16)11-18-12-14-7-8-15(20-2)10-17(14)19/h4-10,18-19H,3,11-12H2,1-2H3. The highest BCUT2D eigenvalue weighted by Crippen LogP contribution is 2.23. The zero-order valence-electron chi connectivity index (χ0n) is 12.4. The highest BCUT2D eigenvalue weighted by molar-refractivity contribution is 5.39. The third-order valence-electron chi connectivity index (χ3n) is 3.15. The Hall–Kier alpha value is -2.20. The van der Waals surface area contributed by atoms with Gasteiger partial charge in [0.2, 0.25) is 0 Å². The van der Waals surface area contributed by atoms with E-state index in [1.807, 2.05) is 43.3 Å². The first kappa shape index (κ1) is 15.2. The SMILES string of the molecule is CCOc1cccc(CNCc2ccc(OC)cc2O)c1. The minimum Gasteiger partial charge on any atom is -0.507 e. The van der Waals surface area contributed by atoms with Crippen LogP contribution in [0.1, 0.15) is 18.1 Å². The van der Waals surface area contributed by atoms with Gasteiger partial charge in [0, 0.05) is 24.7 Å². The van der Waals surface area contributed by atoms with Crippen molar-refractivity contribution in [2.75, 3.05) is 13.7 Å². The van der Waals surface area contributed by atoms with Crippen LogP contribution in [-0.4, -0.2) is 18.8 Å². The van der Waals surface area contributed by atoms with Gasteiger partial charge >= 0.3 is 0 Å². The lowest BCUT2D eigenvalue weighted by atomic mass is 10.1. The van der Waals surface area contributed by atoms with E-state index in [2.05, 4.69) is 5.32 Å². The Morgan fingerprint density at radius 3 is 2.62 bits per heavy atom. The number of methoxy groups -OCH3 is 1. The first-order valence-electron chi connectivity index (χ1n) is 7.01. The van der Waals surface area contributed by atoms with Gasteiger partial charge in [0.05, 0.1) is 13.7 Å². The molecule has 0 saturated heterocycles. The second-order valence-electron chi connectivity index (χ2n) is 4.68. The molecule has 0 saturated carbocycles. The van der Waals surface area contributed by atoms with E-state index in [0.29, 0.717) is 25.4 Å². The van der Waals surface area contributed by atoms with E-state index in [1.165, 1.54) is 0 Å². The number of nitrogens with one attached hydrogen (secondary N) is 1. The van der Waals surface area contributed by atoms with Crippen molar-refractivity contribution in [1.29, 1.82) is 0 Å². The second kappa shape index (κ2) is 7.55. The van der Waals surface area contributed by atoms with Crippen LogP contribution in [0, 0.1) is 0 Å². The molecule has 2 aromatic carbocycles. The summed E-state index contributed by atoms with van der Waals surface area (Å²) in [7, 11) is 1.58. The van der Waals surface area contributed by atoms with Gasteiger partial charge in [-0.25, -0.2) is 0 Å². The van der Waals surface area contributed by atoms with E-state index in [9.17, 15) is 5.11 Å². The van der Waals surface area contributed by atoms with Gasteiger partial charge in [-0.3, -0.25) is 0 Å². The number of phenols is 1. The summed E-state index contributed by atoms with van der Waals surface area (Å²) in [6.45, 7) is 3.94. The summed E-state index contributed by atoms with van der Waals surface area (Å²) in [6.07, 6.45) is 0. The van der Waals surface area contributed by atoms with E-state index >= 15 is 0 Å². The van der Waals surface area contributed by atoms with Gasteiger partial charge in [-0.05, 0) is 30.7 Å². The van der Waals surface area contributed by atoms with Crippen molar-refractivity contribution in [3.05, 3.63) is 53.6 Å². The summed E-state index contributed by atoms with van der Waals surface area (Å²) in [5.41, 5.74) is 1.99. The fraction of sp³-hybridized carbons (Fsp3) is 0.294. The maximum Gasteiger partial charge on any atom is 0.123 e. The Morgan fingerprint density at radius 1 is 1.05 bits per heavy atom. The summed E-state index contributed by atoms with van der Waals surface area (Å²) in [5, 5.41) is 13.2. The van der Waals surface area contributed by atoms with Crippen molar-refractivity contribution in [2.24, 2.45) is 0 Å². The molecule has 0 aliphatic heterocycles. The minimum atomic E-state index is 0.241. The molecule has 2 aromatic rings. The lowest BCUT2D eigenvalue weighted by Gasteiger charge is -2.09. The molecule has 0 atom stereocenters. The van der Waals surface area contributed by atoms with Gasteiger partial charge in [-0.1, -0.05) is 18.2 Å². The van der Waals surface area contributed by atoms with Crippen LogP contribution in [0.15, 0.2) is 42.5 Å². The van der Waals surface area contributed by atoms with Gasteiger partial charge < -0.3 is 19.9 Å². The molecule has 0 aliphatic rings. The number of aromatic hydroxyl groups is 1. The van der Waals surface area contributed by atoms with Crippen LogP contribution >= 0.6 is 0 Å². The van der Waals surface area contributed by atoms with Crippen LogP contribution < -0.4 is 14.8 Å². The highest BCUT2D eigenvalue weighted by atomic mass is 16.5. The maximum absolute atomic E-state index is 9.89. The quantitative estimate of drug-likeness (QED) is 0.821. The summed E-state index contributed by atoms with van der Waals surface area (Å²) in [4.78, 5) is 0. The molecule has 0 aromatic heterocycles. The maximum atomic E-state index is 9.89. The Bertz CT molecular complexity index is 584. The van der Waals surface area contributed by atoms with Crippen molar-refractivity contribution < 1.29 is 14.6 Å². The van der Waals surface area contributed by atoms with Crippen LogP contribution in [0.5, 0.6) is 17.2 Å². The van der Waals surface area contributed by atoms with Gasteiger partial charge in [0.15, 0.2) is 0 Å². The molecule has 2 rings (SSSR count). The molecule has 0 aliphatic carbocycles. The van der Waals surface area contributed by atoms with Gasteiger partial charge in [-0.2, -0.15) is 0 Å². The average molecular weight is 287 g/mol. The van der Waals surface area contributed by atoms with Crippen LogP contribution in [0.4, 0.5) is 0 Å². The molecule has 0 bridgehead atoms. The number of ether oxygens (including phenoxy) is 2. The first-order chi connectivity index (χ1) is 10.2. The Balaban J connectivity index is 1.90. The molecule has 0 amide bonds. The van der Waals surface area contributed by atoms with Crippen LogP contribution in [0.2, 0.25) is 0 Å². The number of rotatable bonds is 7. The van der Waals surface area contributed by atoms with Crippen molar-refractivity contribution in [3.63, 3.8) is 0 Å². The lowest BCUT2D eigenvalue weighted by Crippen LogP contribution is -2.12. The summed E-state index contributed by atoms with van der Waals surface area (Å²) < 4.78 is 10.5. The third kappa shape index (κ3) is 4.39. The predicted molar refractivity (Wildman–Crippen MR) is 82.8 cm³/mol. The smallest absolute Gasteiger partial charge is 0.123 e. The van der Waals surface area contributed by atoms with Gasteiger partial charge in [0.25, 0.3) is 0 Å². The number of benzene rings is 2. The molecule has 0 unspecified atom stereocenters.